The second-order valence-electron chi connectivity index (χ2n) is 8.28. The lowest BCUT2D eigenvalue weighted by Gasteiger charge is -2.16. The van der Waals surface area contributed by atoms with E-state index in [1.165, 1.54) is 0 Å². The molecule has 30 heavy (non-hydrogen) atoms. The van der Waals surface area contributed by atoms with Crippen LogP contribution in [0.15, 0.2) is 42.7 Å². The van der Waals surface area contributed by atoms with Crippen molar-refractivity contribution in [1.29, 1.82) is 5.26 Å². The van der Waals surface area contributed by atoms with E-state index in [2.05, 4.69) is 54.4 Å². The molecule has 0 amide bonds. The molecule has 152 valence electrons. The molecular formula is C24H25N5O. The Bertz CT molecular complexity index is 1260. The lowest BCUT2D eigenvalue weighted by molar-refractivity contribution is 0.482. The highest BCUT2D eigenvalue weighted by molar-refractivity contribution is 6.08. The third kappa shape index (κ3) is 3.55. The minimum atomic E-state index is 0.257. The first-order valence-corrected chi connectivity index (χ1v) is 10.1. The van der Waals surface area contributed by atoms with Gasteiger partial charge in [-0.3, -0.25) is 0 Å². The van der Waals surface area contributed by atoms with Crippen LogP contribution in [0, 0.1) is 17.2 Å². The first-order chi connectivity index (χ1) is 14.4. The molecule has 0 bridgehead atoms. The lowest BCUT2D eigenvalue weighted by atomic mass is 9.96. The van der Waals surface area contributed by atoms with Gasteiger partial charge < -0.3 is 15.0 Å². The molecule has 0 unspecified atom stereocenters. The molecule has 2 aromatic heterocycles. The number of anilines is 1. The highest BCUT2D eigenvalue weighted by atomic mass is 16.5. The summed E-state index contributed by atoms with van der Waals surface area (Å²) in [5.74, 6) is 2.52. The van der Waals surface area contributed by atoms with E-state index in [0.29, 0.717) is 28.8 Å². The van der Waals surface area contributed by atoms with Crippen molar-refractivity contribution in [3.63, 3.8) is 0 Å². The summed E-state index contributed by atoms with van der Waals surface area (Å²) in [5, 5.41) is 10.1. The van der Waals surface area contributed by atoms with Crippen LogP contribution < -0.4 is 10.5 Å². The zero-order chi connectivity index (χ0) is 21.4. The normalized spacial score (nSPS) is 11.5. The molecule has 0 spiro atoms. The predicted octanol–water partition coefficient (Wildman–Crippen LogP) is 5.61. The van der Waals surface area contributed by atoms with Gasteiger partial charge in [0.05, 0.1) is 29.0 Å². The van der Waals surface area contributed by atoms with Crippen LogP contribution in [0.1, 0.15) is 44.7 Å². The number of nitriles is 1. The molecule has 0 aliphatic rings. The van der Waals surface area contributed by atoms with E-state index in [0.717, 1.165) is 34.0 Å². The largest absolute Gasteiger partial charge is 0.457 e. The van der Waals surface area contributed by atoms with Crippen molar-refractivity contribution >= 4 is 27.8 Å². The Morgan fingerprint density at radius 3 is 2.47 bits per heavy atom. The number of rotatable bonds is 5. The molecule has 2 N–H and O–H groups in total. The summed E-state index contributed by atoms with van der Waals surface area (Å²) in [6.07, 6.45) is 1.85. The smallest absolute Gasteiger partial charge is 0.152 e. The molecule has 4 aromatic rings. The van der Waals surface area contributed by atoms with Gasteiger partial charge in [-0.25, -0.2) is 9.97 Å². The summed E-state index contributed by atoms with van der Waals surface area (Å²) in [4.78, 5) is 9.19. The number of nitrogens with zero attached hydrogens (tertiary/aromatic N) is 4. The van der Waals surface area contributed by atoms with Crippen molar-refractivity contribution in [1.82, 2.24) is 14.5 Å². The van der Waals surface area contributed by atoms with E-state index >= 15 is 0 Å². The van der Waals surface area contributed by atoms with E-state index in [1.807, 2.05) is 12.4 Å². The molecule has 4 rings (SSSR count). The van der Waals surface area contributed by atoms with Gasteiger partial charge in [-0.15, -0.1) is 0 Å². The maximum Gasteiger partial charge on any atom is 0.152 e. The fourth-order valence-corrected chi connectivity index (χ4v) is 3.76. The quantitative estimate of drug-likeness (QED) is 0.471. The zero-order valence-electron chi connectivity index (χ0n) is 17.7. The van der Waals surface area contributed by atoms with E-state index in [1.54, 1.807) is 24.3 Å². The van der Waals surface area contributed by atoms with E-state index in [9.17, 15) is 0 Å². The molecule has 2 aromatic carbocycles. The number of pyridine rings is 1. The number of nitrogen functional groups attached to an aromatic ring is 1. The maximum atomic E-state index is 8.99. The van der Waals surface area contributed by atoms with Gasteiger partial charge in [0.15, 0.2) is 5.82 Å². The highest BCUT2D eigenvalue weighted by Crippen LogP contribution is 2.37. The molecule has 0 fully saturated rings. The third-order valence-electron chi connectivity index (χ3n) is 5.08. The fraction of sp³-hybridized carbons (Fsp3) is 0.292. The average molecular weight is 399 g/mol. The monoisotopic (exact) mass is 399 g/mol. The van der Waals surface area contributed by atoms with Gasteiger partial charge in [0.1, 0.15) is 17.0 Å². The summed E-state index contributed by atoms with van der Waals surface area (Å²) in [6.45, 7) is 9.55. The van der Waals surface area contributed by atoms with Crippen LogP contribution in [0.25, 0.3) is 21.9 Å². The van der Waals surface area contributed by atoms with Crippen molar-refractivity contribution in [3.05, 3.63) is 53.9 Å². The first-order valence-electron chi connectivity index (χ1n) is 10.1. The fourth-order valence-electron chi connectivity index (χ4n) is 3.76. The maximum absolute atomic E-state index is 8.99. The van der Waals surface area contributed by atoms with Gasteiger partial charge in [0, 0.05) is 18.0 Å². The van der Waals surface area contributed by atoms with E-state index in [4.69, 9.17) is 15.7 Å². The minimum absolute atomic E-state index is 0.257. The van der Waals surface area contributed by atoms with Crippen molar-refractivity contribution in [3.8, 4) is 17.6 Å². The Balaban J connectivity index is 1.91. The molecular weight excluding hydrogens is 374 g/mol. The number of fused-ring (bicyclic) bond motifs is 3. The van der Waals surface area contributed by atoms with Gasteiger partial charge in [-0.05, 0) is 47.7 Å². The molecule has 0 saturated carbocycles. The van der Waals surface area contributed by atoms with Crippen molar-refractivity contribution < 1.29 is 4.74 Å². The van der Waals surface area contributed by atoms with Crippen LogP contribution in [0.2, 0.25) is 0 Å². The molecule has 0 aliphatic heterocycles. The second kappa shape index (κ2) is 7.68. The topological polar surface area (TPSA) is 89.8 Å². The summed E-state index contributed by atoms with van der Waals surface area (Å²) < 4.78 is 8.27. The molecule has 0 atom stereocenters. The number of ether oxygens (including phenoxy) is 1. The van der Waals surface area contributed by atoms with E-state index in [-0.39, 0.29) is 5.92 Å². The predicted molar refractivity (Wildman–Crippen MR) is 120 cm³/mol. The van der Waals surface area contributed by atoms with E-state index < -0.39 is 0 Å². The van der Waals surface area contributed by atoms with Gasteiger partial charge in [0.25, 0.3) is 0 Å². The molecule has 2 heterocycles. The number of benzene rings is 2. The SMILES string of the molecule is CC(C)Cn1cnc2c(N)nc3cc(Oc4ccc(C#N)cc4)cc(C(C)C)c3c21. The Morgan fingerprint density at radius 2 is 1.83 bits per heavy atom. The van der Waals surface area contributed by atoms with Gasteiger partial charge >= 0.3 is 0 Å². The summed E-state index contributed by atoms with van der Waals surface area (Å²) in [6, 6.07) is 13.2. The van der Waals surface area contributed by atoms with Crippen LogP contribution in [-0.2, 0) is 6.54 Å². The molecule has 0 radical (unpaired) electrons. The summed E-state index contributed by atoms with van der Waals surface area (Å²) in [7, 11) is 0. The van der Waals surface area contributed by atoms with Gasteiger partial charge in [-0.2, -0.15) is 5.26 Å². The van der Waals surface area contributed by atoms with Crippen molar-refractivity contribution in [2.75, 3.05) is 5.73 Å². The number of hydrogen-bond acceptors (Lipinski definition) is 5. The van der Waals surface area contributed by atoms with Crippen LogP contribution in [0.3, 0.4) is 0 Å². The van der Waals surface area contributed by atoms with Gasteiger partial charge in [-0.1, -0.05) is 27.7 Å². The Morgan fingerprint density at radius 1 is 1.10 bits per heavy atom. The zero-order valence-corrected chi connectivity index (χ0v) is 17.7. The van der Waals surface area contributed by atoms with Crippen LogP contribution in [0.5, 0.6) is 11.5 Å². The van der Waals surface area contributed by atoms with Crippen LogP contribution in [0.4, 0.5) is 5.82 Å². The number of imidazole rings is 1. The molecule has 0 saturated heterocycles. The van der Waals surface area contributed by atoms with Crippen molar-refractivity contribution in [2.24, 2.45) is 5.92 Å². The highest BCUT2D eigenvalue weighted by Gasteiger charge is 2.19. The molecule has 6 heteroatoms. The van der Waals surface area contributed by atoms with Crippen LogP contribution in [-0.4, -0.2) is 14.5 Å². The standard InChI is InChI=1S/C24H25N5O/c1-14(2)12-29-13-27-22-23(29)21-19(15(3)4)9-18(10-20(21)28-24(22)26)30-17-7-5-16(11-25)6-8-17/h5-10,13-15H,12H2,1-4H3,(H2,26,28). The number of nitrogens with two attached hydrogens (primary N) is 1. The Hall–Kier alpha value is -3.59. The third-order valence-corrected chi connectivity index (χ3v) is 5.08. The minimum Gasteiger partial charge on any atom is -0.457 e. The summed E-state index contributed by atoms with van der Waals surface area (Å²) >= 11 is 0. The first kappa shape index (κ1) is 19.7. The number of aromatic nitrogens is 3. The van der Waals surface area contributed by atoms with Gasteiger partial charge in [0.2, 0.25) is 0 Å². The summed E-state index contributed by atoms with van der Waals surface area (Å²) in [5.41, 5.74) is 10.6. The molecule has 0 aliphatic carbocycles. The lowest BCUT2D eigenvalue weighted by Crippen LogP contribution is -2.05. The second-order valence-corrected chi connectivity index (χ2v) is 8.28. The molecule has 6 nitrogen and oxygen atoms in total. The number of hydrogen-bond donors (Lipinski definition) is 1. The Labute approximate surface area is 175 Å². The van der Waals surface area contributed by atoms with Crippen molar-refractivity contribution in [2.45, 2.75) is 40.2 Å². The average Bonchev–Trinajstić information content (AvgIpc) is 3.11. The van der Waals surface area contributed by atoms with Crippen LogP contribution >= 0.6 is 0 Å². The Kier molecular flexibility index (Phi) is 5.04.